The average Bonchev–Trinajstić information content (AvgIpc) is 3.22. The van der Waals surface area contributed by atoms with Crippen LogP contribution in [-0.4, -0.2) is 47.8 Å². The van der Waals surface area contributed by atoms with Crippen molar-refractivity contribution in [1.29, 1.82) is 0 Å². The summed E-state index contributed by atoms with van der Waals surface area (Å²) in [4.78, 5) is 48.8. The van der Waals surface area contributed by atoms with Gasteiger partial charge in [-0.25, -0.2) is 5.43 Å². The van der Waals surface area contributed by atoms with E-state index in [0.717, 1.165) is 5.56 Å². The van der Waals surface area contributed by atoms with Gasteiger partial charge in [-0.3, -0.25) is 19.2 Å². The fraction of sp³-hybridized carbons (Fsp3) is 0.286. The molecular formula is C21H25N5O5. The fourth-order valence-electron chi connectivity index (χ4n) is 2.49. The third-order valence-electron chi connectivity index (χ3n) is 4.22. The lowest BCUT2D eigenvalue weighted by molar-refractivity contribution is -0.145. The van der Waals surface area contributed by atoms with E-state index >= 15 is 0 Å². The lowest BCUT2D eigenvalue weighted by Gasteiger charge is -2.16. The van der Waals surface area contributed by atoms with E-state index < -0.39 is 23.6 Å². The molecular weight excluding hydrogens is 402 g/mol. The van der Waals surface area contributed by atoms with E-state index in [1.807, 2.05) is 19.1 Å². The van der Waals surface area contributed by atoms with E-state index in [2.05, 4.69) is 21.2 Å². The maximum Gasteiger partial charge on any atom is 0.329 e. The second-order valence-electron chi connectivity index (χ2n) is 6.48. The number of carbonyl (C=O) groups excluding carboxylic acids is 4. The number of hydrogen-bond acceptors (Lipinski definition) is 6. The number of nitrogens with zero attached hydrogens (tertiary/aromatic N) is 2. The first kappa shape index (κ1) is 23.3. The Labute approximate surface area is 179 Å². The first-order valence-electron chi connectivity index (χ1n) is 9.70. The van der Waals surface area contributed by atoms with Gasteiger partial charge >= 0.3 is 23.6 Å². The van der Waals surface area contributed by atoms with E-state index in [4.69, 9.17) is 4.42 Å². The van der Waals surface area contributed by atoms with Gasteiger partial charge in [0, 0.05) is 18.8 Å². The van der Waals surface area contributed by atoms with Crippen LogP contribution < -0.4 is 16.1 Å². The Bertz CT molecular complexity index is 961. The number of hydrogen-bond donors (Lipinski definition) is 3. The molecule has 0 aliphatic heterocycles. The predicted octanol–water partition coefficient (Wildman–Crippen LogP) is 1.16. The number of amides is 4. The summed E-state index contributed by atoms with van der Waals surface area (Å²) in [5, 5.41) is 8.64. The van der Waals surface area contributed by atoms with Gasteiger partial charge in [0.05, 0.1) is 12.8 Å². The zero-order chi connectivity index (χ0) is 22.8. The van der Waals surface area contributed by atoms with E-state index in [-0.39, 0.29) is 6.54 Å². The second kappa shape index (κ2) is 11.3. The summed E-state index contributed by atoms with van der Waals surface area (Å²) in [7, 11) is 0. The first-order valence-corrected chi connectivity index (χ1v) is 9.70. The number of nitrogens with one attached hydrogen (secondary N) is 3. The molecule has 3 N–H and O–H groups in total. The van der Waals surface area contributed by atoms with Crippen molar-refractivity contribution in [3.05, 3.63) is 53.5 Å². The van der Waals surface area contributed by atoms with Crippen LogP contribution in [0.25, 0.3) is 0 Å². The number of anilines is 1. The zero-order valence-corrected chi connectivity index (χ0v) is 17.6. The SMILES string of the molecule is CCN(CC)C(=O)C(=O)N/N=C/c1ccc(CNC(=O)C(=O)Nc2ccc(C)cc2)o1. The summed E-state index contributed by atoms with van der Waals surface area (Å²) in [6.45, 7) is 6.28. The molecule has 1 aromatic heterocycles. The van der Waals surface area contributed by atoms with E-state index in [9.17, 15) is 19.2 Å². The van der Waals surface area contributed by atoms with Gasteiger partial charge in [0.25, 0.3) is 0 Å². The Morgan fingerprint density at radius 2 is 1.65 bits per heavy atom. The number of likely N-dealkylation sites (N-methyl/N-ethyl adjacent to an activating group) is 1. The molecule has 0 spiro atoms. The summed E-state index contributed by atoms with van der Waals surface area (Å²) in [5.74, 6) is -2.45. The van der Waals surface area contributed by atoms with Crippen molar-refractivity contribution in [2.45, 2.75) is 27.3 Å². The maximum absolute atomic E-state index is 11.9. The van der Waals surface area contributed by atoms with E-state index in [1.54, 1.807) is 38.1 Å². The van der Waals surface area contributed by atoms with Crippen molar-refractivity contribution in [2.75, 3.05) is 18.4 Å². The van der Waals surface area contributed by atoms with Crippen LogP contribution in [0.1, 0.15) is 30.9 Å². The molecule has 0 bridgehead atoms. The van der Waals surface area contributed by atoms with Crippen LogP contribution in [0.3, 0.4) is 0 Å². The van der Waals surface area contributed by atoms with Crippen LogP contribution >= 0.6 is 0 Å². The molecule has 0 aliphatic rings. The minimum Gasteiger partial charge on any atom is -0.458 e. The number of furan rings is 1. The van der Waals surface area contributed by atoms with Crippen molar-refractivity contribution in [3.8, 4) is 0 Å². The van der Waals surface area contributed by atoms with E-state index in [0.29, 0.717) is 30.3 Å². The van der Waals surface area contributed by atoms with Crippen molar-refractivity contribution < 1.29 is 23.6 Å². The fourth-order valence-corrected chi connectivity index (χ4v) is 2.49. The number of benzene rings is 1. The molecule has 10 heteroatoms. The number of carbonyl (C=O) groups is 4. The summed E-state index contributed by atoms with van der Waals surface area (Å²) in [6, 6.07) is 10.2. The van der Waals surface area contributed by atoms with Gasteiger partial charge in [-0.15, -0.1) is 0 Å². The third-order valence-corrected chi connectivity index (χ3v) is 4.22. The Morgan fingerprint density at radius 3 is 2.29 bits per heavy atom. The molecule has 4 amide bonds. The first-order chi connectivity index (χ1) is 14.8. The molecule has 164 valence electrons. The Morgan fingerprint density at radius 1 is 0.968 bits per heavy atom. The lowest BCUT2D eigenvalue weighted by Crippen LogP contribution is -2.41. The van der Waals surface area contributed by atoms with Crippen molar-refractivity contribution in [1.82, 2.24) is 15.6 Å². The zero-order valence-electron chi connectivity index (χ0n) is 17.6. The highest BCUT2D eigenvalue weighted by atomic mass is 16.3. The number of rotatable bonds is 7. The highest BCUT2D eigenvalue weighted by Gasteiger charge is 2.18. The van der Waals surface area contributed by atoms with Gasteiger partial charge in [0.1, 0.15) is 11.5 Å². The molecule has 0 atom stereocenters. The molecule has 0 aliphatic carbocycles. The molecule has 2 rings (SSSR count). The molecule has 0 saturated heterocycles. The molecule has 1 heterocycles. The predicted molar refractivity (Wildman–Crippen MR) is 114 cm³/mol. The van der Waals surface area contributed by atoms with Crippen LogP contribution in [0.15, 0.2) is 45.9 Å². The summed E-state index contributed by atoms with van der Waals surface area (Å²) < 4.78 is 5.43. The smallest absolute Gasteiger partial charge is 0.329 e. The van der Waals surface area contributed by atoms with Crippen molar-refractivity contribution in [3.63, 3.8) is 0 Å². The lowest BCUT2D eigenvalue weighted by atomic mass is 10.2. The summed E-state index contributed by atoms with van der Waals surface area (Å²) >= 11 is 0. The second-order valence-corrected chi connectivity index (χ2v) is 6.48. The molecule has 31 heavy (non-hydrogen) atoms. The molecule has 0 radical (unpaired) electrons. The quantitative estimate of drug-likeness (QED) is 0.346. The maximum atomic E-state index is 11.9. The van der Waals surface area contributed by atoms with Crippen LogP contribution in [0.5, 0.6) is 0 Å². The Hall–Kier alpha value is -3.95. The van der Waals surface area contributed by atoms with Crippen LogP contribution in [0, 0.1) is 6.92 Å². The molecule has 0 fully saturated rings. The number of aryl methyl sites for hydroxylation is 1. The minimum atomic E-state index is -0.849. The molecule has 10 nitrogen and oxygen atoms in total. The largest absolute Gasteiger partial charge is 0.458 e. The van der Waals surface area contributed by atoms with Gasteiger partial charge in [0.2, 0.25) is 0 Å². The molecule has 0 saturated carbocycles. The summed E-state index contributed by atoms with van der Waals surface area (Å²) in [6.07, 6.45) is 1.23. The van der Waals surface area contributed by atoms with Crippen LogP contribution in [0.4, 0.5) is 5.69 Å². The third kappa shape index (κ3) is 7.11. The van der Waals surface area contributed by atoms with Gasteiger partial charge in [-0.1, -0.05) is 17.7 Å². The van der Waals surface area contributed by atoms with Gasteiger partial charge in [-0.05, 0) is 45.0 Å². The molecule has 2 aromatic rings. The standard InChI is InChI=1S/C21H25N5O5/c1-4-26(5-2)21(30)20(29)25-23-13-17-11-10-16(31-17)12-22-18(27)19(28)24-15-8-6-14(3)7-9-15/h6-11,13H,4-5,12H2,1-3H3,(H,22,27)(H,24,28)(H,25,29)/b23-13+. The number of hydrazone groups is 1. The summed E-state index contributed by atoms with van der Waals surface area (Å²) in [5.41, 5.74) is 3.69. The van der Waals surface area contributed by atoms with Crippen molar-refractivity contribution in [2.24, 2.45) is 5.10 Å². The highest BCUT2D eigenvalue weighted by molar-refractivity contribution is 6.39. The minimum absolute atomic E-state index is 0.0131. The molecule has 1 aromatic carbocycles. The van der Waals surface area contributed by atoms with Crippen LogP contribution in [0.2, 0.25) is 0 Å². The molecule has 0 unspecified atom stereocenters. The van der Waals surface area contributed by atoms with Gasteiger partial charge in [0.15, 0.2) is 0 Å². The topological polar surface area (TPSA) is 133 Å². The van der Waals surface area contributed by atoms with Gasteiger partial charge in [-0.2, -0.15) is 5.10 Å². The van der Waals surface area contributed by atoms with Gasteiger partial charge < -0.3 is 20.0 Å². The van der Waals surface area contributed by atoms with Crippen molar-refractivity contribution >= 4 is 35.5 Å². The average molecular weight is 427 g/mol. The normalized spacial score (nSPS) is 10.5. The Kier molecular flexibility index (Phi) is 8.50. The monoisotopic (exact) mass is 427 g/mol. The van der Waals surface area contributed by atoms with Crippen LogP contribution in [-0.2, 0) is 25.7 Å². The Balaban J connectivity index is 1.80. The highest BCUT2D eigenvalue weighted by Crippen LogP contribution is 2.08. The van der Waals surface area contributed by atoms with E-state index in [1.165, 1.54) is 11.1 Å².